The molecule has 2 aromatic rings. The number of hydrogen-bond acceptors (Lipinski definition) is 5. The van der Waals surface area contributed by atoms with Gasteiger partial charge in [-0.2, -0.15) is 0 Å². The van der Waals surface area contributed by atoms with E-state index in [0.717, 1.165) is 17.7 Å². The van der Waals surface area contributed by atoms with Gasteiger partial charge < -0.3 is 13.9 Å². The first-order valence-electron chi connectivity index (χ1n) is 6.53. The van der Waals surface area contributed by atoms with E-state index in [0.29, 0.717) is 24.1 Å². The van der Waals surface area contributed by atoms with E-state index in [9.17, 15) is 4.79 Å². The van der Waals surface area contributed by atoms with Crippen molar-refractivity contribution >= 4 is 17.6 Å². The fraction of sp³-hybridized carbons (Fsp3) is 0.333. The number of esters is 1. The minimum atomic E-state index is -0.349. The Hall–Kier alpha value is -2.01. The average molecular weight is 310 g/mol. The molecule has 0 spiro atoms. The summed E-state index contributed by atoms with van der Waals surface area (Å²) in [5.74, 6) is 1.46. The zero-order valence-electron chi connectivity index (χ0n) is 11.7. The van der Waals surface area contributed by atoms with E-state index >= 15 is 0 Å². The van der Waals surface area contributed by atoms with Crippen LogP contribution in [0.5, 0.6) is 5.75 Å². The predicted octanol–water partition coefficient (Wildman–Crippen LogP) is 3.06. The van der Waals surface area contributed by atoms with E-state index in [2.05, 4.69) is 9.72 Å². The largest absolute Gasteiger partial charge is 0.494 e. The maximum atomic E-state index is 11.2. The highest BCUT2D eigenvalue weighted by atomic mass is 35.5. The molecule has 0 N–H and O–H groups in total. The standard InChI is InChI=1S/C15H16ClNO4/c1-19-14(18)9-12-10-21-15(17-12)11-3-5-13(6-4-11)20-8-2-7-16/h3-6,10H,2,7-9H2,1H3. The van der Waals surface area contributed by atoms with Gasteiger partial charge in [-0.15, -0.1) is 11.6 Å². The predicted molar refractivity (Wildman–Crippen MR) is 78.5 cm³/mol. The van der Waals surface area contributed by atoms with Gasteiger partial charge in [-0.3, -0.25) is 4.79 Å². The molecule has 1 aromatic heterocycles. The number of aromatic nitrogens is 1. The minimum Gasteiger partial charge on any atom is -0.494 e. The molecule has 0 bridgehead atoms. The van der Waals surface area contributed by atoms with E-state index in [-0.39, 0.29) is 12.4 Å². The highest BCUT2D eigenvalue weighted by Crippen LogP contribution is 2.22. The van der Waals surface area contributed by atoms with Crippen molar-refractivity contribution in [2.45, 2.75) is 12.8 Å². The second-order valence-electron chi connectivity index (χ2n) is 4.31. The zero-order valence-corrected chi connectivity index (χ0v) is 12.4. The van der Waals surface area contributed by atoms with Crippen LogP contribution in [-0.2, 0) is 16.0 Å². The highest BCUT2D eigenvalue weighted by Gasteiger charge is 2.10. The molecule has 0 radical (unpaired) electrons. The molecule has 5 nitrogen and oxygen atoms in total. The van der Waals surface area contributed by atoms with Crippen LogP contribution < -0.4 is 4.74 Å². The van der Waals surface area contributed by atoms with Crippen LogP contribution in [0.25, 0.3) is 11.5 Å². The number of carbonyl (C=O) groups is 1. The van der Waals surface area contributed by atoms with E-state index in [1.54, 1.807) is 0 Å². The molecule has 0 aliphatic rings. The number of methoxy groups -OCH3 is 1. The van der Waals surface area contributed by atoms with Crippen LogP contribution in [0.15, 0.2) is 34.9 Å². The smallest absolute Gasteiger partial charge is 0.311 e. The van der Waals surface area contributed by atoms with Gasteiger partial charge in [0.15, 0.2) is 0 Å². The molecule has 0 saturated carbocycles. The SMILES string of the molecule is COC(=O)Cc1coc(-c2ccc(OCCCCl)cc2)n1. The van der Waals surface area contributed by atoms with Crippen LogP contribution in [0, 0.1) is 0 Å². The molecular weight excluding hydrogens is 294 g/mol. The number of rotatable bonds is 7. The van der Waals surface area contributed by atoms with Gasteiger partial charge in [0, 0.05) is 11.4 Å². The second kappa shape index (κ2) is 7.69. The summed E-state index contributed by atoms with van der Waals surface area (Å²) in [5, 5.41) is 0. The molecule has 0 aliphatic carbocycles. The molecule has 1 heterocycles. The first kappa shape index (κ1) is 15.4. The number of benzene rings is 1. The molecule has 0 fully saturated rings. The van der Waals surface area contributed by atoms with Gasteiger partial charge in [0.25, 0.3) is 0 Å². The van der Waals surface area contributed by atoms with E-state index in [4.69, 9.17) is 20.8 Å². The number of halogens is 1. The van der Waals surface area contributed by atoms with Crippen LogP contribution in [0.3, 0.4) is 0 Å². The van der Waals surface area contributed by atoms with Gasteiger partial charge in [0.2, 0.25) is 5.89 Å². The molecule has 0 aliphatic heterocycles. The summed E-state index contributed by atoms with van der Waals surface area (Å²) in [5.41, 5.74) is 1.36. The van der Waals surface area contributed by atoms with Gasteiger partial charge >= 0.3 is 5.97 Å². The quantitative estimate of drug-likeness (QED) is 0.447. The van der Waals surface area contributed by atoms with E-state index in [1.165, 1.54) is 13.4 Å². The molecular formula is C15H16ClNO4. The number of alkyl halides is 1. The minimum absolute atomic E-state index is 0.0968. The number of ether oxygens (including phenoxy) is 2. The molecule has 2 rings (SSSR count). The van der Waals surface area contributed by atoms with Gasteiger partial charge in [0.1, 0.15) is 12.0 Å². The third-order valence-electron chi connectivity index (χ3n) is 2.75. The Kier molecular flexibility index (Phi) is 5.63. The Bertz CT molecular complexity index is 580. The number of nitrogens with zero attached hydrogens (tertiary/aromatic N) is 1. The van der Waals surface area contributed by atoms with Crippen molar-refractivity contribution in [1.29, 1.82) is 0 Å². The molecule has 0 unspecified atom stereocenters. The van der Waals surface area contributed by atoms with E-state index < -0.39 is 0 Å². The molecule has 0 saturated heterocycles. The lowest BCUT2D eigenvalue weighted by Gasteiger charge is -2.04. The van der Waals surface area contributed by atoms with Crippen molar-refractivity contribution < 1.29 is 18.7 Å². The zero-order chi connectivity index (χ0) is 15.1. The maximum Gasteiger partial charge on any atom is 0.311 e. The Morgan fingerprint density at radius 2 is 2.10 bits per heavy atom. The van der Waals surface area contributed by atoms with Crippen LogP contribution in [0.1, 0.15) is 12.1 Å². The Balaban J connectivity index is 2.00. The lowest BCUT2D eigenvalue weighted by Crippen LogP contribution is -2.04. The maximum absolute atomic E-state index is 11.2. The lowest BCUT2D eigenvalue weighted by molar-refractivity contribution is -0.139. The van der Waals surface area contributed by atoms with Gasteiger partial charge in [-0.05, 0) is 30.7 Å². The van der Waals surface area contributed by atoms with E-state index in [1.807, 2.05) is 24.3 Å². The summed E-state index contributed by atoms with van der Waals surface area (Å²) in [4.78, 5) is 15.4. The molecule has 21 heavy (non-hydrogen) atoms. The third-order valence-corrected chi connectivity index (χ3v) is 3.02. The normalized spacial score (nSPS) is 10.4. The van der Waals surface area contributed by atoms with Crippen LogP contribution >= 0.6 is 11.6 Å². The Morgan fingerprint density at radius 1 is 1.33 bits per heavy atom. The summed E-state index contributed by atoms with van der Waals surface area (Å²) in [6.07, 6.45) is 2.36. The Labute approximate surface area is 127 Å². The fourth-order valence-electron chi connectivity index (χ4n) is 1.68. The summed E-state index contributed by atoms with van der Waals surface area (Å²) < 4.78 is 15.5. The summed E-state index contributed by atoms with van der Waals surface area (Å²) in [6.45, 7) is 0.588. The van der Waals surface area contributed by atoms with Crippen molar-refractivity contribution in [3.05, 3.63) is 36.2 Å². The number of hydrogen-bond donors (Lipinski definition) is 0. The van der Waals surface area contributed by atoms with Crippen molar-refractivity contribution in [2.24, 2.45) is 0 Å². The second-order valence-corrected chi connectivity index (χ2v) is 4.69. The molecule has 112 valence electrons. The fourth-order valence-corrected chi connectivity index (χ4v) is 1.79. The molecule has 6 heteroatoms. The topological polar surface area (TPSA) is 61.6 Å². The summed E-state index contributed by atoms with van der Waals surface area (Å²) in [6, 6.07) is 7.38. The summed E-state index contributed by atoms with van der Waals surface area (Å²) in [7, 11) is 1.34. The molecule has 0 amide bonds. The molecule has 0 atom stereocenters. The lowest BCUT2D eigenvalue weighted by atomic mass is 10.2. The highest BCUT2D eigenvalue weighted by molar-refractivity contribution is 6.17. The first-order valence-corrected chi connectivity index (χ1v) is 7.07. The average Bonchev–Trinajstić information content (AvgIpc) is 2.96. The summed E-state index contributed by atoms with van der Waals surface area (Å²) >= 11 is 5.59. The number of carbonyl (C=O) groups excluding carboxylic acids is 1. The monoisotopic (exact) mass is 309 g/mol. The van der Waals surface area contributed by atoms with Crippen LogP contribution in [0.2, 0.25) is 0 Å². The van der Waals surface area contributed by atoms with Gasteiger partial charge in [-0.1, -0.05) is 0 Å². The van der Waals surface area contributed by atoms with Crippen molar-refractivity contribution in [2.75, 3.05) is 19.6 Å². The third kappa shape index (κ3) is 4.49. The molecule has 1 aromatic carbocycles. The number of oxazole rings is 1. The van der Waals surface area contributed by atoms with Crippen LogP contribution in [0.4, 0.5) is 0 Å². The van der Waals surface area contributed by atoms with Crippen molar-refractivity contribution in [1.82, 2.24) is 4.98 Å². The Morgan fingerprint density at radius 3 is 2.76 bits per heavy atom. The van der Waals surface area contributed by atoms with Crippen molar-refractivity contribution in [3.63, 3.8) is 0 Å². The van der Waals surface area contributed by atoms with Crippen molar-refractivity contribution in [3.8, 4) is 17.2 Å². The van der Waals surface area contributed by atoms with Gasteiger partial charge in [0.05, 0.1) is 25.8 Å². The van der Waals surface area contributed by atoms with Gasteiger partial charge in [-0.25, -0.2) is 4.98 Å². The first-order chi connectivity index (χ1) is 10.2. The van der Waals surface area contributed by atoms with Crippen LogP contribution in [-0.4, -0.2) is 30.5 Å².